The summed E-state index contributed by atoms with van der Waals surface area (Å²) in [5, 5.41) is 3.57. The van der Waals surface area contributed by atoms with E-state index in [9.17, 15) is 0 Å². The summed E-state index contributed by atoms with van der Waals surface area (Å²) < 4.78 is 5.31. The van der Waals surface area contributed by atoms with E-state index in [0.29, 0.717) is 5.41 Å². The molecule has 0 unspecified atom stereocenters. The van der Waals surface area contributed by atoms with Crippen molar-refractivity contribution in [3.8, 4) is 0 Å². The number of nitrogens with one attached hydrogen (secondary N) is 1. The molecule has 0 aromatic rings. The normalized spacial score (nSPS) is 20.4. The molecule has 0 bridgehead atoms. The Kier molecular flexibility index (Phi) is 6.26. The van der Waals surface area contributed by atoms with Crippen LogP contribution in [0.2, 0.25) is 0 Å². The molecule has 2 nitrogen and oxygen atoms in total. The van der Waals surface area contributed by atoms with Crippen molar-refractivity contribution in [2.45, 2.75) is 52.4 Å². The van der Waals surface area contributed by atoms with Crippen molar-refractivity contribution in [1.29, 1.82) is 0 Å². The van der Waals surface area contributed by atoms with Crippen LogP contribution in [0.15, 0.2) is 0 Å². The predicted molar refractivity (Wildman–Crippen MR) is 65.2 cm³/mol. The van der Waals surface area contributed by atoms with Crippen LogP contribution in [0.3, 0.4) is 0 Å². The summed E-state index contributed by atoms with van der Waals surface area (Å²) >= 11 is 0. The van der Waals surface area contributed by atoms with Gasteiger partial charge in [0.1, 0.15) is 0 Å². The third kappa shape index (κ3) is 5.53. The second kappa shape index (κ2) is 7.24. The lowest BCUT2D eigenvalue weighted by atomic mass is 9.76. The van der Waals surface area contributed by atoms with Crippen molar-refractivity contribution in [2.24, 2.45) is 5.41 Å². The van der Waals surface area contributed by atoms with E-state index in [-0.39, 0.29) is 0 Å². The van der Waals surface area contributed by atoms with Gasteiger partial charge in [0.05, 0.1) is 0 Å². The van der Waals surface area contributed by atoms with Gasteiger partial charge in [-0.15, -0.1) is 0 Å². The number of rotatable bonds is 7. The monoisotopic (exact) mass is 213 g/mol. The van der Waals surface area contributed by atoms with E-state index >= 15 is 0 Å². The smallest absolute Gasteiger partial charge is 0.0477 e. The molecule has 0 radical (unpaired) electrons. The molecule has 90 valence electrons. The van der Waals surface area contributed by atoms with Gasteiger partial charge in [-0.2, -0.15) is 0 Å². The van der Waals surface area contributed by atoms with Gasteiger partial charge >= 0.3 is 0 Å². The van der Waals surface area contributed by atoms with Crippen LogP contribution in [0.25, 0.3) is 0 Å². The Hall–Kier alpha value is -0.0800. The van der Waals surface area contributed by atoms with Crippen molar-refractivity contribution in [3.63, 3.8) is 0 Å². The number of hydrogen-bond donors (Lipinski definition) is 1. The minimum absolute atomic E-state index is 0.573. The summed E-state index contributed by atoms with van der Waals surface area (Å²) in [6, 6.07) is 0. The van der Waals surface area contributed by atoms with Gasteiger partial charge in [0, 0.05) is 19.8 Å². The molecule has 0 aromatic carbocycles. The third-order valence-electron chi connectivity index (χ3n) is 3.46. The average molecular weight is 213 g/mol. The Morgan fingerprint density at radius 1 is 1.20 bits per heavy atom. The Labute approximate surface area is 94.8 Å². The first kappa shape index (κ1) is 13.0. The molecule has 1 fully saturated rings. The number of ether oxygens (including phenoxy) is 1. The third-order valence-corrected chi connectivity index (χ3v) is 3.46. The quantitative estimate of drug-likeness (QED) is 0.656. The topological polar surface area (TPSA) is 21.3 Å². The standard InChI is InChI=1S/C13H27NO/c1-3-15-11-7-10-14-12-13(2)8-5-4-6-9-13/h14H,3-12H2,1-2H3. The van der Waals surface area contributed by atoms with E-state index in [4.69, 9.17) is 4.74 Å². The zero-order chi connectivity index (χ0) is 11.0. The van der Waals surface area contributed by atoms with Gasteiger partial charge in [0.25, 0.3) is 0 Å². The van der Waals surface area contributed by atoms with Crippen LogP contribution in [-0.2, 0) is 4.74 Å². The van der Waals surface area contributed by atoms with Gasteiger partial charge in [0.2, 0.25) is 0 Å². The van der Waals surface area contributed by atoms with E-state index in [0.717, 1.165) is 26.2 Å². The van der Waals surface area contributed by atoms with Crippen LogP contribution in [0.5, 0.6) is 0 Å². The van der Waals surface area contributed by atoms with Crippen LogP contribution in [0.1, 0.15) is 52.4 Å². The average Bonchev–Trinajstić information content (AvgIpc) is 2.24. The van der Waals surface area contributed by atoms with Gasteiger partial charge in [-0.3, -0.25) is 0 Å². The fourth-order valence-corrected chi connectivity index (χ4v) is 2.42. The molecule has 0 spiro atoms. The molecule has 1 saturated carbocycles. The van der Waals surface area contributed by atoms with Crippen molar-refractivity contribution >= 4 is 0 Å². The molecule has 1 N–H and O–H groups in total. The molecular formula is C13H27NO. The maximum absolute atomic E-state index is 5.31. The maximum atomic E-state index is 5.31. The van der Waals surface area contributed by atoms with Crippen molar-refractivity contribution < 1.29 is 4.74 Å². The Bertz CT molecular complexity index is 153. The molecule has 1 aliphatic rings. The van der Waals surface area contributed by atoms with Gasteiger partial charge in [-0.1, -0.05) is 26.2 Å². The largest absolute Gasteiger partial charge is 0.382 e. The van der Waals surface area contributed by atoms with Gasteiger partial charge in [-0.05, 0) is 38.1 Å². The molecule has 2 heteroatoms. The SMILES string of the molecule is CCOCCCNCC1(C)CCCCC1. The highest BCUT2D eigenvalue weighted by Crippen LogP contribution is 2.34. The summed E-state index contributed by atoms with van der Waals surface area (Å²) in [5.74, 6) is 0. The summed E-state index contributed by atoms with van der Waals surface area (Å²) in [7, 11) is 0. The Balaban J connectivity index is 1.98. The van der Waals surface area contributed by atoms with E-state index in [2.05, 4.69) is 19.2 Å². The molecule has 0 aliphatic heterocycles. The molecule has 0 amide bonds. The minimum atomic E-state index is 0.573. The van der Waals surface area contributed by atoms with Crippen molar-refractivity contribution in [3.05, 3.63) is 0 Å². The van der Waals surface area contributed by atoms with E-state index in [1.165, 1.54) is 38.6 Å². The van der Waals surface area contributed by atoms with E-state index in [1.54, 1.807) is 0 Å². The molecule has 1 aliphatic carbocycles. The summed E-state index contributed by atoms with van der Waals surface area (Å²) in [6.07, 6.45) is 8.26. The van der Waals surface area contributed by atoms with Crippen LogP contribution < -0.4 is 5.32 Å². The maximum Gasteiger partial charge on any atom is 0.0477 e. The lowest BCUT2D eigenvalue weighted by molar-refractivity contribution is 0.142. The first-order valence-electron chi connectivity index (χ1n) is 6.55. The molecule has 1 rings (SSSR count). The zero-order valence-corrected chi connectivity index (χ0v) is 10.5. The molecule has 0 aromatic heterocycles. The molecule has 0 saturated heterocycles. The molecular weight excluding hydrogens is 186 g/mol. The highest BCUT2D eigenvalue weighted by atomic mass is 16.5. The molecule has 15 heavy (non-hydrogen) atoms. The van der Waals surface area contributed by atoms with Crippen LogP contribution in [0, 0.1) is 5.41 Å². The summed E-state index contributed by atoms with van der Waals surface area (Å²) in [5.41, 5.74) is 0.573. The van der Waals surface area contributed by atoms with E-state index < -0.39 is 0 Å². The van der Waals surface area contributed by atoms with Gasteiger partial charge in [-0.25, -0.2) is 0 Å². The summed E-state index contributed by atoms with van der Waals surface area (Å²) in [4.78, 5) is 0. The second-order valence-corrected chi connectivity index (χ2v) is 5.10. The lowest BCUT2D eigenvalue weighted by Gasteiger charge is -2.33. The fourth-order valence-electron chi connectivity index (χ4n) is 2.42. The molecule has 0 atom stereocenters. The predicted octanol–water partition coefficient (Wildman–Crippen LogP) is 2.97. The van der Waals surface area contributed by atoms with Gasteiger partial charge in [0.15, 0.2) is 0 Å². The highest BCUT2D eigenvalue weighted by Gasteiger charge is 2.25. The van der Waals surface area contributed by atoms with Gasteiger partial charge < -0.3 is 10.1 Å². The van der Waals surface area contributed by atoms with Crippen molar-refractivity contribution in [1.82, 2.24) is 5.32 Å². The highest BCUT2D eigenvalue weighted by molar-refractivity contribution is 4.80. The van der Waals surface area contributed by atoms with E-state index in [1.807, 2.05) is 0 Å². The second-order valence-electron chi connectivity index (χ2n) is 5.10. The minimum Gasteiger partial charge on any atom is -0.382 e. The molecule has 0 heterocycles. The fraction of sp³-hybridized carbons (Fsp3) is 1.00. The number of hydrogen-bond acceptors (Lipinski definition) is 2. The van der Waals surface area contributed by atoms with Crippen LogP contribution >= 0.6 is 0 Å². The first-order chi connectivity index (χ1) is 7.27. The lowest BCUT2D eigenvalue weighted by Crippen LogP contribution is -2.34. The van der Waals surface area contributed by atoms with Crippen LogP contribution in [-0.4, -0.2) is 26.3 Å². The Morgan fingerprint density at radius 3 is 2.60 bits per heavy atom. The first-order valence-corrected chi connectivity index (χ1v) is 6.55. The summed E-state index contributed by atoms with van der Waals surface area (Å²) in [6.45, 7) is 8.53. The zero-order valence-electron chi connectivity index (χ0n) is 10.5. The van der Waals surface area contributed by atoms with Crippen molar-refractivity contribution in [2.75, 3.05) is 26.3 Å². The Morgan fingerprint density at radius 2 is 1.93 bits per heavy atom. The van der Waals surface area contributed by atoms with Crippen LogP contribution in [0.4, 0.5) is 0 Å².